The van der Waals surface area contributed by atoms with Crippen molar-refractivity contribution in [1.82, 2.24) is 4.98 Å². The molecule has 27 heavy (non-hydrogen) atoms. The number of carbonyl (C=O) groups is 2. The average molecular weight is 391 g/mol. The van der Waals surface area contributed by atoms with Crippen molar-refractivity contribution in [3.63, 3.8) is 0 Å². The lowest BCUT2D eigenvalue weighted by Crippen LogP contribution is -3.14. The summed E-state index contributed by atoms with van der Waals surface area (Å²) >= 11 is 1.57. The molecule has 1 aliphatic heterocycles. The van der Waals surface area contributed by atoms with E-state index in [1.165, 1.54) is 10.5 Å². The van der Waals surface area contributed by atoms with Crippen molar-refractivity contribution in [3.05, 3.63) is 23.8 Å². The number of hydrogen-bond donors (Lipinski definition) is 1. The minimum absolute atomic E-state index is 0.0152. The van der Waals surface area contributed by atoms with Crippen LogP contribution in [0.15, 0.2) is 18.2 Å². The summed E-state index contributed by atoms with van der Waals surface area (Å²) in [7, 11) is 0. The highest BCUT2D eigenvalue weighted by Crippen LogP contribution is 2.29. The summed E-state index contributed by atoms with van der Waals surface area (Å²) in [5.74, 6) is -0.0146. The Bertz CT molecular complexity index is 812. The molecule has 0 unspecified atom stereocenters. The van der Waals surface area contributed by atoms with Gasteiger partial charge in [-0.15, -0.1) is 0 Å². The number of hydrogen-bond acceptors (Lipinski definition) is 5. The molecule has 0 radical (unpaired) electrons. The average Bonchev–Trinajstić information content (AvgIpc) is 3.05. The Balaban J connectivity index is 1.61. The van der Waals surface area contributed by atoms with Crippen LogP contribution in [-0.4, -0.2) is 49.6 Å². The summed E-state index contributed by atoms with van der Waals surface area (Å²) in [6, 6.07) is 6.16. The van der Waals surface area contributed by atoms with Crippen LogP contribution in [-0.2, 0) is 14.3 Å². The van der Waals surface area contributed by atoms with Crippen molar-refractivity contribution in [3.8, 4) is 0 Å². The number of quaternary nitrogens is 1. The second kappa shape index (κ2) is 8.80. The van der Waals surface area contributed by atoms with Crippen LogP contribution in [0.3, 0.4) is 0 Å². The minimum Gasteiger partial charge on any atom is -0.466 e. The van der Waals surface area contributed by atoms with Gasteiger partial charge in [0.1, 0.15) is 0 Å². The molecule has 1 amide bonds. The number of aromatic nitrogens is 1. The number of likely N-dealkylation sites (tertiary alicyclic amines) is 1. The summed E-state index contributed by atoms with van der Waals surface area (Å²) in [6.45, 7) is 9.01. The first-order valence-electron chi connectivity index (χ1n) is 9.69. The third kappa shape index (κ3) is 4.65. The Morgan fingerprint density at radius 3 is 2.70 bits per heavy atom. The number of thiazole rings is 1. The van der Waals surface area contributed by atoms with E-state index in [4.69, 9.17) is 4.74 Å². The Labute approximate surface area is 164 Å². The first-order valence-corrected chi connectivity index (χ1v) is 10.5. The van der Waals surface area contributed by atoms with Crippen molar-refractivity contribution in [2.75, 3.05) is 37.7 Å². The molecule has 1 aromatic carbocycles. The standard InChI is InChI=1S/C20H27N3O3S/c1-4-23(20-21-16-7-6-14(3)12-17(16)27-20)18(24)13-22-10-8-15(9-11-22)19(25)26-5-2/h6-7,12,15H,4-5,8-11,13H2,1-3H3/p+1. The largest absolute Gasteiger partial charge is 0.466 e. The highest BCUT2D eigenvalue weighted by Gasteiger charge is 2.31. The van der Waals surface area contributed by atoms with E-state index in [1.54, 1.807) is 16.2 Å². The summed E-state index contributed by atoms with van der Waals surface area (Å²) < 4.78 is 6.23. The number of fused-ring (bicyclic) bond motifs is 1. The lowest BCUT2D eigenvalue weighted by Gasteiger charge is -2.29. The van der Waals surface area contributed by atoms with Gasteiger partial charge in [0.2, 0.25) is 0 Å². The molecule has 0 atom stereocenters. The quantitative estimate of drug-likeness (QED) is 0.764. The van der Waals surface area contributed by atoms with Crippen molar-refractivity contribution < 1.29 is 19.2 Å². The zero-order chi connectivity index (χ0) is 19.4. The number of anilines is 1. The predicted octanol–water partition coefficient (Wildman–Crippen LogP) is 1.82. The van der Waals surface area contributed by atoms with E-state index < -0.39 is 0 Å². The van der Waals surface area contributed by atoms with Gasteiger partial charge in [0.25, 0.3) is 5.91 Å². The molecule has 0 aliphatic carbocycles. The maximum absolute atomic E-state index is 12.9. The number of ether oxygens (including phenoxy) is 1. The van der Waals surface area contributed by atoms with Crippen molar-refractivity contribution >= 4 is 38.6 Å². The van der Waals surface area contributed by atoms with Gasteiger partial charge < -0.3 is 9.64 Å². The third-order valence-electron chi connectivity index (χ3n) is 5.09. The fourth-order valence-electron chi connectivity index (χ4n) is 3.56. The summed E-state index contributed by atoms with van der Waals surface area (Å²) in [5.41, 5.74) is 2.13. The molecule has 7 heteroatoms. The van der Waals surface area contributed by atoms with Crippen molar-refractivity contribution in [2.24, 2.45) is 5.92 Å². The monoisotopic (exact) mass is 390 g/mol. The number of benzene rings is 1. The molecule has 3 rings (SSSR count). The highest BCUT2D eigenvalue weighted by atomic mass is 32.1. The molecule has 2 heterocycles. The number of amides is 1. The van der Waals surface area contributed by atoms with Crippen LogP contribution >= 0.6 is 11.3 Å². The number of carbonyl (C=O) groups excluding carboxylic acids is 2. The van der Waals surface area contributed by atoms with Gasteiger partial charge in [-0.1, -0.05) is 17.4 Å². The van der Waals surface area contributed by atoms with Gasteiger partial charge in [-0.2, -0.15) is 0 Å². The normalized spacial score (nSPS) is 19.8. The van der Waals surface area contributed by atoms with Crippen LogP contribution in [0.25, 0.3) is 10.2 Å². The fraction of sp³-hybridized carbons (Fsp3) is 0.550. The molecule has 6 nitrogen and oxygen atoms in total. The lowest BCUT2D eigenvalue weighted by atomic mass is 9.97. The molecular formula is C20H28N3O3S+. The minimum atomic E-state index is -0.0946. The Kier molecular flexibility index (Phi) is 6.44. The van der Waals surface area contributed by atoms with E-state index >= 15 is 0 Å². The summed E-state index contributed by atoms with van der Waals surface area (Å²) in [6.07, 6.45) is 1.57. The smallest absolute Gasteiger partial charge is 0.309 e. The van der Waals surface area contributed by atoms with Gasteiger partial charge >= 0.3 is 5.97 Å². The van der Waals surface area contributed by atoms with Crippen LogP contribution in [0.2, 0.25) is 0 Å². The van der Waals surface area contributed by atoms with Crippen molar-refractivity contribution in [1.29, 1.82) is 0 Å². The Morgan fingerprint density at radius 2 is 2.04 bits per heavy atom. The van der Waals surface area contributed by atoms with E-state index in [1.807, 2.05) is 26.0 Å². The zero-order valence-corrected chi connectivity index (χ0v) is 17.1. The Morgan fingerprint density at radius 1 is 1.30 bits per heavy atom. The molecule has 2 aromatic rings. The number of nitrogens with zero attached hydrogens (tertiary/aromatic N) is 2. The predicted molar refractivity (Wildman–Crippen MR) is 107 cm³/mol. The number of aryl methyl sites for hydroxylation is 1. The molecule has 1 aromatic heterocycles. The Hall–Kier alpha value is -1.99. The van der Waals surface area contributed by atoms with Gasteiger partial charge in [0.15, 0.2) is 11.7 Å². The third-order valence-corrected chi connectivity index (χ3v) is 6.14. The molecule has 1 aliphatic rings. The molecule has 0 saturated carbocycles. The van der Waals surface area contributed by atoms with Crippen LogP contribution < -0.4 is 9.80 Å². The van der Waals surface area contributed by atoms with E-state index in [-0.39, 0.29) is 17.8 Å². The fourth-order valence-corrected chi connectivity index (χ4v) is 4.71. The van der Waals surface area contributed by atoms with E-state index in [2.05, 4.69) is 18.0 Å². The molecule has 1 N–H and O–H groups in total. The number of piperidine rings is 1. The maximum Gasteiger partial charge on any atom is 0.309 e. The maximum atomic E-state index is 12.9. The van der Waals surface area contributed by atoms with Gasteiger partial charge in [-0.05, 0) is 38.5 Å². The molecule has 0 bridgehead atoms. The summed E-state index contributed by atoms with van der Waals surface area (Å²) in [5, 5.41) is 0.768. The molecule has 1 fully saturated rings. The van der Waals surface area contributed by atoms with E-state index in [0.717, 1.165) is 41.3 Å². The summed E-state index contributed by atoms with van der Waals surface area (Å²) in [4.78, 5) is 32.4. The van der Waals surface area contributed by atoms with Gasteiger partial charge in [0.05, 0.1) is 35.8 Å². The zero-order valence-electron chi connectivity index (χ0n) is 16.3. The first kappa shape index (κ1) is 19.8. The number of nitrogens with one attached hydrogen (secondary N) is 1. The van der Waals surface area contributed by atoms with Crippen LogP contribution in [0.5, 0.6) is 0 Å². The van der Waals surface area contributed by atoms with Crippen molar-refractivity contribution in [2.45, 2.75) is 33.6 Å². The SMILES string of the molecule is CCOC(=O)C1CC[NH+](CC(=O)N(CC)c2nc3ccc(C)cc3s2)CC1. The molecule has 0 spiro atoms. The highest BCUT2D eigenvalue weighted by molar-refractivity contribution is 7.22. The van der Waals surface area contributed by atoms with E-state index in [9.17, 15) is 9.59 Å². The van der Waals surface area contributed by atoms with Gasteiger partial charge in [0, 0.05) is 19.4 Å². The second-order valence-corrected chi connectivity index (χ2v) is 8.07. The van der Waals surface area contributed by atoms with Crippen LogP contribution in [0, 0.1) is 12.8 Å². The number of rotatable bonds is 6. The van der Waals surface area contributed by atoms with Gasteiger partial charge in [-0.3, -0.25) is 14.5 Å². The van der Waals surface area contributed by atoms with E-state index in [0.29, 0.717) is 19.7 Å². The van der Waals surface area contributed by atoms with Crippen LogP contribution in [0.1, 0.15) is 32.3 Å². The van der Waals surface area contributed by atoms with Gasteiger partial charge in [-0.25, -0.2) is 4.98 Å². The van der Waals surface area contributed by atoms with Crippen LogP contribution in [0.4, 0.5) is 5.13 Å². The number of esters is 1. The molecule has 146 valence electrons. The lowest BCUT2D eigenvalue weighted by molar-refractivity contribution is -0.897. The second-order valence-electron chi connectivity index (χ2n) is 7.06. The molecular weight excluding hydrogens is 362 g/mol. The topological polar surface area (TPSA) is 63.9 Å². The molecule has 1 saturated heterocycles. The number of likely N-dealkylation sites (N-methyl/N-ethyl adjacent to an activating group) is 1. The first-order chi connectivity index (χ1) is 13.0.